The van der Waals surface area contributed by atoms with E-state index in [4.69, 9.17) is 0 Å². The summed E-state index contributed by atoms with van der Waals surface area (Å²) in [5.74, 6) is 1.86. The Morgan fingerprint density at radius 3 is 2.28 bits per heavy atom. The zero-order valence-corrected chi connectivity index (χ0v) is 17.4. The fourth-order valence-corrected chi connectivity index (χ4v) is 3.68. The lowest BCUT2D eigenvalue weighted by Gasteiger charge is -2.35. The predicted octanol–water partition coefficient (Wildman–Crippen LogP) is 3.24. The monoisotopic (exact) mass is 388 g/mol. The molecular formula is C23H28N6. The first-order valence-electron chi connectivity index (χ1n) is 10.1. The Morgan fingerprint density at radius 1 is 0.862 bits per heavy atom. The van der Waals surface area contributed by atoms with Crippen molar-refractivity contribution < 1.29 is 0 Å². The third-order valence-corrected chi connectivity index (χ3v) is 5.18. The molecule has 4 rings (SSSR count). The maximum absolute atomic E-state index is 4.65. The lowest BCUT2D eigenvalue weighted by atomic mass is 10.1. The molecule has 1 aliphatic heterocycles. The molecule has 0 bridgehead atoms. The highest BCUT2D eigenvalue weighted by atomic mass is 15.3. The van der Waals surface area contributed by atoms with E-state index in [9.17, 15) is 0 Å². The first-order valence-corrected chi connectivity index (χ1v) is 10.1. The highest BCUT2D eigenvalue weighted by Crippen LogP contribution is 2.22. The highest BCUT2D eigenvalue weighted by Gasteiger charge is 2.20. The molecular weight excluding hydrogens is 360 g/mol. The number of rotatable bonds is 5. The van der Waals surface area contributed by atoms with E-state index in [0.717, 1.165) is 55.6 Å². The van der Waals surface area contributed by atoms with Gasteiger partial charge in [-0.05, 0) is 55.9 Å². The van der Waals surface area contributed by atoms with E-state index in [-0.39, 0.29) is 0 Å². The molecule has 3 heterocycles. The number of anilines is 2. The molecule has 0 N–H and O–H groups in total. The molecule has 0 aliphatic carbocycles. The average Bonchev–Trinajstić information content (AvgIpc) is 2.74. The Bertz CT molecular complexity index is 946. The van der Waals surface area contributed by atoms with E-state index in [1.54, 1.807) is 0 Å². The predicted molar refractivity (Wildman–Crippen MR) is 118 cm³/mol. The number of aryl methyl sites for hydroxylation is 1. The van der Waals surface area contributed by atoms with Crippen LogP contribution in [0.25, 0.3) is 11.1 Å². The van der Waals surface area contributed by atoms with Crippen molar-refractivity contribution in [3.63, 3.8) is 0 Å². The van der Waals surface area contributed by atoms with Gasteiger partial charge in [0, 0.05) is 56.9 Å². The second-order valence-corrected chi connectivity index (χ2v) is 7.88. The molecule has 150 valence electrons. The summed E-state index contributed by atoms with van der Waals surface area (Å²) in [5.41, 5.74) is 4.74. The molecule has 6 nitrogen and oxygen atoms in total. The summed E-state index contributed by atoms with van der Waals surface area (Å²) < 4.78 is 0. The zero-order chi connectivity index (χ0) is 20.2. The summed E-state index contributed by atoms with van der Waals surface area (Å²) in [4.78, 5) is 20.6. The Hall–Kier alpha value is -2.99. The second kappa shape index (κ2) is 8.57. The molecule has 0 saturated carbocycles. The van der Waals surface area contributed by atoms with Crippen LogP contribution < -0.4 is 9.80 Å². The Labute approximate surface area is 172 Å². The van der Waals surface area contributed by atoms with Crippen LogP contribution in [0.2, 0.25) is 0 Å². The van der Waals surface area contributed by atoms with E-state index in [0.29, 0.717) is 0 Å². The van der Waals surface area contributed by atoms with Crippen LogP contribution in [-0.2, 0) is 6.54 Å². The number of benzene rings is 1. The fourth-order valence-electron chi connectivity index (χ4n) is 3.68. The molecule has 0 spiro atoms. The summed E-state index contributed by atoms with van der Waals surface area (Å²) in [5, 5.41) is 0. The van der Waals surface area contributed by atoms with Gasteiger partial charge >= 0.3 is 0 Å². The van der Waals surface area contributed by atoms with Gasteiger partial charge in [0.25, 0.3) is 0 Å². The van der Waals surface area contributed by atoms with Crippen LogP contribution in [0, 0.1) is 6.92 Å². The molecule has 1 fully saturated rings. The number of pyridine rings is 1. The summed E-state index contributed by atoms with van der Waals surface area (Å²) in [7, 11) is 4.17. The largest absolute Gasteiger partial charge is 0.353 e. The SMILES string of the molecule is Cc1ccnc(N2CCN(c3ncc(-c4cccc(CN(C)C)c4)cn3)CC2)c1. The topological polar surface area (TPSA) is 48.4 Å². The lowest BCUT2D eigenvalue weighted by molar-refractivity contribution is 0.402. The molecule has 0 radical (unpaired) electrons. The van der Waals surface area contributed by atoms with Gasteiger partial charge in [-0.3, -0.25) is 0 Å². The third kappa shape index (κ3) is 4.71. The zero-order valence-electron chi connectivity index (χ0n) is 17.4. The minimum absolute atomic E-state index is 0.801. The van der Waals surface area contributed by atoms with Gasteiger partial charge in [-0.1, -0.05) is 18.2 Å². The van der Waals surface area contributed by atoms with Crippen molar-refractivity contribution in [2.75, 3.05) is 50.1 Å². The molecule has 0 amide bonds. The molecule has 0 unspecified atom stereocenters. The van der Waals surface area contributed by atoms with Gasteiger partial charge in [0.1, 0.15) is 5.82 Å². The second-order valence-electron chi connectivity index (χ2n) is 7.88. The summed E-state index contributed by atoms with van der Waals surface area (Å²) >= 11 is 0. The maximum Gasteiger partial charge on any atom is 0.225 e. The number of piperazine rings is 1. The maximum atomic E-state index is 4.65. The normalized spacial score (nSPS) is 14.5. The Kier molecular flexibility index (Phi) is 5.71. The van der Waals surface area contributed by atoms with Gasteiger partial charge in [-0.2, -0.15) is 0 Å². The van der Waals surface area contributed by atoms with Crippen molar-refractivity contribution in [2.45, 2.75) is 13.5 Å². The summed E-state index contributed by atoms with van der Waals surface area (Å²) in [6.45, 7) is 6.67. The van der Waals surface area contributed by atoms with Gasteiger partial charge < -0.3 is 14.7 Å². The van der Waals surface area contributed by atoms with Crippen molar-refractivity contribution in [1.82, 2.24) is 19.9 Å². The van der Waals surface area contributed by atoms with Crippen molar-refractivity contribution in [3.05, 3.63) is 66.1 Å². The Balaban J connectivity index is 1.41. The number of nitrogens with zero attached hydrogens (tertiary/aromatic N) is 6. The van der Waals surface area contributed by atoms with Crippen LogP contribution in [-0.4, -0.2) is 60.1 Å². The molecule has 1 saturated heterocycles. The minimum Gasteiger partial charge on any atom is -0.353 e. The molecule has 3 aromatic rings. The van der Waals surface area contributed by atoms with Gasteiger partial charge in [0.2, 0.25) is 5.95 Å². The van der Waals surface area contributed by atoms with E-state index in [1.807, 2.05) is 24.7 Å². The third-order valence-electron chi connectivity index (χ3n) is 5.18. The first kappa shape index (κ1) is 19.3. The van der Waals surface area contributed by atoms with E-state index >= 15 is 0 Å². The number of hydrogen-bond donors (Lipinski definition) is 0. The quantitative estimate of drug-likeness (QED) is 0.669. The van der Waals surface area contributed by atoms with Crippen LogP contribution in [0.3, 0.4) is 0 Å². The summed E-state index contributed by atoms with van der Waals surface area (Å²) in [6.07, 6.45) is 5.75. The number of aromatic nitrogens is 3. The fraction of sp³-hybridized carbons (Fsp3) is 0.348. The van der Waals surface area contributed by atoms with Gasteiger partial charge in [0.15, 0.2) is 0 Å². The van der Waals surface area contributed by atoms with Crippen molar-refractivity contribution in [3.8, 4) is 11.1 Å². The molecule has 29 heavy (non-hydrogen) atoms. The van der Waals surface area contributed by atoms with E-state index in [1.165, 1.54) is 11.1 Å². The van der Waals surface area contributed by atoms with Crippen LogP contribution in [0.5, 0.6) is 0 Å². The van der Waals surface area contributed by atoms with Crippen LogP contribution >= 0.6 is 0 Å². The summed E-state index contributed by atoms with van der Waals surface area (Å²) in [6, 6.07) is 12.8. The van der Waals surface area contributed by atoms with Crippen LogP contribution in [0.1, 0.15) is 11.1 Å². The van der Waals surface area contributed by atoms with Crippen LogP contribution in [0.15, 0.2) is 55.0 Å². The van der Waals surface area contributed by atoms with E-state index in [2.05, 4.69) is 81.0 Å². The standard InChI is InChI=1S/C23H28N6/c1-18-7-8-24-22(13-18)28-9-11-29(12-10-28)23-25-15-21(16-26-23)20-6-4-5-19(14-20)17-27(2)3/h4-8,13-16H,9-12,17H2,1-3H3. The lowest BCUT2D eigenvalue weighted by Crippen LogP contribution is -2.47. The van der Waals surface area contributed by atoms with Crippen molar-refractivity contribution >= 4 is 11.8 Å². The molecule has 6 heteroatoms. The minimum atomic E-state index is 0.801. The van der Waals surface area contributed by atoms with Crippen molar-refractivity contribution in [1.29, 1.82) is 0 Å². The average molecular weight is 389 g/mol. The Morgan fingerprint density at radius 2 is 1.59 bits per heavy atom. The highest BCUT2D eigenvalue weighted by molar-refractivity contribution is 5.63. The van der Waals surface area contributed by atoms with Gasteiger partial charge in [-0.25, -0.2) is 15.0 Å². The molecule has 0 atom stereocenters. The first-order chi connectivity index (χ1) is 14.1. The van der Waals surface area contributed by atoms with Gasteiger partial charge in [-0.15, -0.1) is 0 Å². The smallest absolute Gasteiger partial charge is 0.225 e. The van der Waals surface area contributed by atoms with Crippen LogP contribution in [0.4, 0.5) is 11.8 Å². The molecule has 2 aromatic heterocycles. The molecule has 1 aromatic carbocycles. The number of hydrogen-bond acceptors (Lipinski definition) is 6. The molecule has 1 aliphatic rings. The van der Waals surface area contributed by atoms with E-state index < -0.39 is 0 Å². The van der Waals surface area contributed by atoms with Crippen molar-refractivity contribution in [2.24, 2.45) is 0 Å². The van der Waals surface area contributed by atoms with Gasteiger partial charge in [0.05, 0.1) is 0 Å².